The van der Waals surface area contributed by atoms with E-state index in [9.17, 15) is 4.79 Å². The van der Waals surface area contributed by atoms with E-state index in [1.807, 2.05) is 38.1 Å². The van der Waals surface area contributed by atoms with Gasteiger partial charge in [0.2, 0.25) is 11.8 Å². The quantitative estimate of drug-likeness (QED) is 0.744. The lowest BCUT2D eigenvalue weighted by Crippen LogP contribution is -2.43. The molecular formula is C18H25Cl2N3O3. The number of aryl methyl sites for hydroxylation is 1. The van der Waals surface area contributed by atoms with Gasteiger partial charge in [-0.25, -0.2) is 4.98 Å². The fourth-order valence-corrected chi connectivity index (χ4v) is 2.14. The average molecular weight is 402 g/mol. The van der Waals surface area contributed by atoms with Crippen LogP contribution < -0.4 is 15.8 Å². The number of nitrogens with two attached hydrogens (primary N) is 1. The number of aromatic nitrogens is 1. The topological polar surface area (TPSA) is 86.5 Å². The smallest absolute Gasteiger partial charge is 0.239 e. The Kier molecular flexibility index (Phi) is 10.9. The number of nitrogens with zero attached hydrogens (tertiary/aromatic N) is 1. The van der Waals surface area contributed by atoms with Crippen molar-refractivity contribution in [1.82, 2.24) is 10.3 Å². The van der Waals surface area contributed by atoms with Gasteiger partial charge in [0.25, 0.3) is 0 Å². The zero-order valence-corrected chi connectivity index (χ0v) is 16.7. The Balaban J connectivity index is 0.00000312. The molecule has 1 unspecified atom stereocenters. The molecule has 0 aliphatic heterocycles. The minimum Gasteiger partial charge on any atom is -0.439 e. The van der Waals surface area contributed by atoms with Gasteiger partial charge in [-0.2, -0.15) is 0 Å². The number of nitrogens with one attached hydrogen (secondary N) is 1. The van der Waals surface area contributed by atoms with Crippen LogP contribution in [0.15, 0.2) is 36.5 Å². The summed E-state index contributed by atoms with van der Waals surface area (Å²) in [5.74, 6) is 0.994. The zero-order valence-electron chi connectivity index (χ0n) is 15.0. The van der Waals surface area contributed by atoms with Crippen molar-refractivity contribution >= 4 is 30.7 Å². The highest BCUT2D eigenvalue weighted by Gasteiger charge is 2.12. The van der Waals surface area contributed by atoms with Gasteiger partial charge in [0.1, 0.15) is 11.8 Å². The second-order valence-electron chi connectivity index (χ2n) is 5.58. The van der Waals surface area contributed by atoms with Gasteiger partial charge in [0.15, 0.2) is 0 Å². The van der Waals surface area contributed by atoms with Gasteiger partial charge in [-0.1, -0.05) is 12.1 Å². The molecule has 0 bridgehead atoms. The highest BCUT2D eigenvalue weighted by atomic mass is 35.5. The van der Waals surface area contributed by atoms with Crippen LogP contribution in [0.5, 0.6) is 11.6 Å². The maximum Gasteiger partial charge on any atom is 0.239 e. The van der Waals surface area contributed by atoms with Gasteiger partial charge >= 0.3 is 0 Å². The first-order valence-corrected chi connectivity index (χ1v) is 7.72. The molecule has 8 heteroatoms. The molecule has 26 heavy (non-hydrogen) atoms. The molecule has 0 fully saturated rings. The number of halogens is 2. The monoisotopic (exact) mass is 401 g/mol. The largest absolute Gasteiger partial charge is 0.439 e. The summed E-state index contributed by atoms with van der Waals surface area (Å²) < 4.78 is 10.7. The number of ether oxygens (including phenoxy) is 2. The lowest BCUT2D eigenvalue weighted by atomic mass is 10.1. The summed E-state index contributed by atoms with van der Waals surface area (Å²) in [5, 5.41) is 2.77. The third-order valence-corrected chi connectivity index (χ3v) is 3.72. The van der Waals surface area contributed by atoms with Crippen LogP contribution in [-0.4, -0.2) is 30.6 Å². The van der Waals surface area contributed by atoms with Crippen LogP contribution in [0, 0.1) is 13.8 Å². The molecule has 3 N–H and O–H groups in total. The molecule has 2 aromatic rings. The van der Waals surface area contributed by atoms with Gasteiger partial charge < -0.3 is 20.5 Å². The molecule has 0 spiro atoms. The Hall–Kier alpha value is -1.86. The SMILES string of the molecule is COCC(N)C(=O)NCc1ccnc(Oc2cccc(C)c2C)c1.Cl.Cl. The number of benzene rings is 1. The molecule has 1 heterocycles. The van der Waals surface area contributed by atoms with Gasteiger partial charge in [0.05, 0.1) is 6.61 Å². The highest BCUT2D eigenvalue weighted by molar-refractivity contribution is 5.85. The summed E-state index contributed by atoms with van der Waals surface area (Å²) in [4.78, 5) is 16.0. The fraction of sp³-hybridized carbons (Fsp3) is 0.333. The second kappa shape index (κ2) is 11.7. The van der Waals surface area contributed by atoms with Crippen molar-refractivity contribution in [3.63, 3.8) is 0 Å². The minimum atomic E-state index is -0.678. The molecule has 0 aliphatic carbocycles. The summed E-state index contributed by atoms with van der Waals surface area (Å²) in [7, 11) is 1.51. The summed E-state index contributed by atoms with van der Waals surface area (Å²) in [6, 6.07) is 8.82. The van der Waals surface area contributed by atoms with Crippen LogP contribution in [0.3, 0.4) is 0 Å². The number of hydrogen-bond donors (Lipinski definition) is 2. The van der Waals surface area contributed by atoms with E-state index in [0.29, 0.717) is 12.4 Å². The molecular weight excluding hydrogens is 377 g/mol. The first-order chi connectivity index (χ1) is 11.5. The third-order valence-electron chi connectivity index (χ3n) is 3.72. The van der Waals surface area contributed by atoms with Crippen molar-refractivity contribution in [2.24, 2.45) is 5.73 Å². The fourth-order valence-electron chi connectivity index (χ4n) is 2.14. The van der Waals surface area contributed by atoms with Crippen molar-refractivity contribution in [1.29, 1.82) is 0 Å². The number of carbonyl (C=O) groups is 1. The van der Waals surface area contributed by atoms with Crippen molar-refractivity contribution in [2.75, 3.05) is 13.7 Å². The van der Waals surface area contributed by atoms with Crippen molar-refractivity contribution in [3.8, 4) is 11.6 Å². The normalized spacial score (nSPS) is 10.9. The molecule has 6 nitrogen and oxygen atoms in total. The van der Waals surface area contributed by atoms with Gasteiger partial charge in [-0.15, -0.1) is 24.8 Å². The number of rotatable bonds is 7. The number of methoxy groups -OCH3 is 1. The molecule has 1 amide bonds. The van der Waals surface area contributed by atoms with Crippen molar-refractivity contribution in [2.45, 2.75) is 26.4 Å². The van der Waals surface area contributed by atoms with E-state index in [-0.39, 0.29) is 37.3 Å². The predicted molar refractivity (Wildman–Crippen MR) is 106 cm³/mol. The lowest BCUT2D eigenvalue weighted by Gasteiger charge is -2.12. The standard InChI is InChI=1S/C18H23N3O3.2ClH/c1-12-5-4-6-16(13(12)2)24-17-9-14(7-8-20-17)10-21-18(22)15(19)11-23-3;;/h4-9,15H,10-11,19H2,1-3H3,(H,21,22);2*1H. The molecule has 144 valence electrons. The maximum atomic E-state index is 11.8. The molecule has 1 aromatic heterocycles. The molecule has 0 radical (unpaired) electrons. The molecule has 0 saturated heterocycles. The third kappa shape index (κ3) is 6.80. The predicted octanol–water partition coefficient (Wildman–Crippen LogP) is 2.92. The molecule has 1 atom stereocenters. The summed E-state index contributed by atoms with van der Waals surface area (Å²) >= 11 is 0. The van der Waals surface area contributed by atoms with E-state index in [0.717, 1.165) is 22.4 Å². The van der Waals surface area contributed by atoms with Crippen LogP contribution in [0.1, 0.15) is 16.7 Å². The van der Waals surface area contributed by atoms with Gasteiger partial charge in [-0.3, -0.25) is 4.79 Å². The van der Waals surface area contributed by atoms with E-state index < -0.39 is 6.04 Å². The molecule has 2 rings (SSSR count). The minimum absolute atomic E-state index is 0. The Labute approximate surface area is 166 Å². The molecule has 1 aromatic carbocycles. The number of pyridine rings is 1. The molecule has 0 saturated carbocycles. The van der Waals surface area contributed by atoms with E-state index in [2.05, 4.69) is 10.3 Å². The van der Waals surface area contributed by atoms with E-state index in [4.69, 9.17) is 15.2 Å². The van der Waals surface area contributed by atoms with Crippen LogP contribution in [-0.2, 0) is 16.1 Å². The lowest BCUT2D eigenvalue weighted by molar-refractivity contribution is -0.123. The maximum absolute atomic E-state index is 11.8. The Morgan fingerprint density at radius 1 is 1.27 bits per heavy atom. The van der Waals surface area contributed by atoms with E-state index in [1.54, 1.807) is 12.3 Å². The summed E-state index contributed by atoms with van der Waals surface area (Å²) in [6.07, 6.45) is 1.65. The highest BCUT2D eigenvalue weighted by Crippen LogP contribution is 2.25. The Morgan fingerprint density at radius 2 is 2.00 bits per heavy atom. The molecule has 0 aliphatic rings. The van der Waals surface area contributed by atoms with Gasteiger partial charge in [0, 0.05) is 25.9 Å². The van der Waals surface area contributed by atoms with E-state index >= 15 is 0 Å². The first kappa shape index (κ1) is 24.1. The summed E-state index contributed by atoms with van der Waals surface area (Å²) in [6.45, 7) is 4.57. The number of carbonyl (C=O) groups excluding carboxylic acids is 1. The van der Waals surface area contributed by atoms with E-state index in [1.165, 1.54) is 7.11 Å². The van der Waals surface area contributed by atoms with Crippen LogP contribution in [0.25, 0.3) is 0 Å². The van der Waals surface area contributed by atoms with Crippen LogP contribution in [0.4, 0.5) is 0 Å². The van der Waals surface area contributed by atoms with Crippen LogP contribution >= 0.6 is 24.8 Å². The van der Waals surface area contributed by atoms with Gasteiger partial charge in [-0.05, 0) is 42.7 Å². The average Bonchev–Trinajstić information content (AvgIpc) is 2.57. The zero-order chi connectivity index (χ0) is 17.5. The summed E-state index contributed by atoms with van der Waals surface area (Å²) in [5.41, 5.74) is 8.79. The first-order valence-electron chi connectivity index (χ1n) is 7.72. The van der Waals surface area contributed by atoms with Crippen LogP contribution in [0.2, 0.25) is 0 Å². The number of hydrogen-bond acceptors (Lipinski definition) is 5. The Bertz CT molecular complexity index is 714. The number of amides is 1. The van der Waals surface area contributed by atoms with Crippen molar-refractivity contribution in [3.05, 3.63) is 53.2 Å². The Morgan fingerprint density at radius 3 is 2.69 bits per heavy atom. The van der Waals surface area contributed by atoms with Crippen molar-refractivity contribution < 1.29 is 14.3 Å². The second-order valence-corrected chi connectivity index (χ2v) is 5.58.